The van der Waals surface area contributed by atoms with Gasteiger partial charge in [-0.15, -0.1) is 0 Å². The lowest BCUT2D eigenvalue weighted by Gasteiger charge is -2.30. The molecular formula is C26H29NO4. The summed E-state index contributed by atoms with van der Waals surface area (Å²) < 4.78 is 5.71. The van der Waals surface area contributed by atoms with E-state index < -0.39 is 17.7 Å². The first kappa shape index (κ1) is 21.2. The lowest BCUT2D eigenvalue weighted by Crippen LogP contribution is -2.37. The Hall–Kier alpha value is -3.08. The van der Waals surface area contributed by atoms with E-state index in [9.17, 15) is 14.7 Å². The van der Waals surface area contributed by atoms with E-state index in [0.29, 0.717) is 23.8 Å². The van der Waals surface area contributed by atoms with Crippen LogP contribution in [0.1, 0.15) is 56.7 Å². The summed E-state index contributed by atoms with van der Waals surface area (Å²) in [4.78, 5) is 27.8. The molecule has 1 saturated heterocycles. The summed E-state index contributed by atoms with van der Waals surface area (Å²) in [6, 6.07) is 16.0. The Labute approximate surface area is 183 Å². The smallest absolute Gasteiger partial charge is 0.295 e. The maximum Gasteiger partial charge on any atom is 0.295 e. The maximum absolute atomic E-state index is 13.1. The lowest BCUT2D eigenvalue weighted by atomic mass is 9.94. The van der Waals surface area contributed by atoms with Gasteiger partial charge in [-0.2, -0.15) is 0 Å². The number of aliphatic hydroxyl groups excluding tert-OH is 1. The van der Waals surface area contributed by atoms with E-state index in [2.05, 4.69) is 13.8 Å². The standard InChI is InChI=1S/C26H29NO4/c1-17(2)16-31-21-14-12-19(13-15-21)24(28)22-23(18-8-4-3-5-9-18)27(26(30)25(22)29)20-10-6-7-11-20/h3-5,8-9,12-15,17,20,23,28H,6-7,10-11,16H2,1-2H3/b24-22-. The van der Waals surface area contributed by atoms with Crippen LogP contribution in [0, 0.1) is 5.92 Å². The van der Waals surface area contributed by atoms with Crippen LogP contribution in [0.25, 0.3) is 5.76 Å². The lowest BCUT2D eigenvalue weighted by molar-refractivity contribution is -0.141. The summed E-state index contributed by atoms with van der Waals surface area (Å²) in [5.74, 6) is -0.150. The normalized spacial score (nSPS) is 21.3. The summed E-state index contributed by atoms with van der Waals surface area (Å²) in [5.41, 5.74) is 1.51. The molecule has 0 bridgehead atoms. The Morgan fingerprint density at radius 2 is 1.68 bits per heavy atom. The summed E-state index contributed by atoms with van der Waals surface area (Å²) in [7, 11) is 0. The van der Waals surface area contributed by atoms with E-state index in [1.165, 1.54) is 0 Å². The molecule has 1 saturated carbocycles. The van der Waals surface area contributed by atoms with Crippen LogP contribution >= 0.6 is 0 Å². The molecule has 2 aromatic rings. The second-order valence-corrected chi connectivity index (χ2v) is 8.78. The second-order valence-electron chi connectivity index (χ2n) is 8.78. The number of hydrogen-bond acceptors (Lipinski definition) is 4. The zero-order valence-corrected chi connectivity index (χ0v) is 18.1. The van der Waals surface area contributed by atoms with Gasteiger partial charge in [-0.05, 0) is 48.6 Å². The molecule has 5 heteroatoms. The molecule has 1 amide bonds. The fourth-order valence-corrected chi connectivity index (χ4v) is 4.50. The SMILES string of the molecule is CC(C)COc1ccc(/C(O)=C2/C(=O)C(=O)N(C3CCCC3)C2c2ccccc2)cc1. The van der Waals surface area contributed by atoms with Crippen molar-refractivity contribution in [3.63, 3.8) is 0 Å². The monoisotopic (exact) mass is 419 g/mol. The summed E-state index contributed by atoms with van der Waals surface area (Å²) in [5, 5.41) is 11.1. The highest BCUT2D eigenvalue weighted by Crippen LogP contribution is 2.43. The number of carbonyl (C=O) groups excluding carboxylic acids is 2. The number of benzene rings is 2. The fourth-order valence-electron chi connectivity index (χ4n) is 4.50. The Morgan fingerprint density at radius 3 is 2.29 bits per heavy atom. The molecular weight excluding hydrogens is 390 g/mol. The zero-order chi connectivity index (χ0) is 22.0. The molecule has 1 atom stereocenters. The summed E-state index contributed by atoms with van der Waals surface area (Å²) >= 11 is 0. The predicted molar refractivity (Wildman–Crippen MR) is 120 cm³/mol. The minimum Gasteiger partial charge on any atom is -0.507 e. The third kappa shape index (κ3) is 4.22. The van der Waals surface area contributed by atoms with Gasteiger partial charge in [0.05, 0.1) is 18.2 Å². The number of ketones is 1. The molecule has 2 aromatic carbocycles. The molecule has 0 radical (unpaired) electrons. The van der Waals surface area contributed by atoms with Crippen molar-refractivity contribution < 1.29 is 19.4 Å². The van der Waals surface area contributed by atoms with E-state index in [0.717, 1.165) is 31.2 Å². The van der Waals surface area contributed by atoms with Gasteiger partial charge in [-0.25, -0.2) is 0 Å². The minimum atomic E-state index is -0.613. The Morgan fingerprint density at radius 1 is 1.03 bits per heavy atom. The van der Waals surface area contributed by atoms with Crippen molar-refractivity contribution in [2.45, 2.75) is 51.6 Å². The van der Waals surface area contributed by atoms with E-state index in [1.807, 2.05) is 30.3 Å². The minimum absolute atomic E-state index is 0.0266. The van der Waals surface area contributed by atoms with Crippen LogP contribution < -0.4 is 4.74 Å². The van der Waals surface area contributed by atoms with Crippen molar-refractivity contribution in [3.8, 4) is 5.75 Å². The molecule has 1 unspecified atom stereocenters. The average molecular weight is 420 g/mol. The average Bonchev–Trinajstić information content (AvgIpc) is 3.40. The Balaban J connectivity index is 1.74. The van der Waals surface area contributed by atoms with Gasteiger partial charge < -0.3 is 14.7 Å². The van der Waals surface area contributed by atoms with E-state index >= 15 is 0 Å². The number of hydrogen-bond donors (Lipinski definition) is 1. The van der Waals surface area contributed by atoms with Gasteiger partial charge in [-0.3, -0.25) is 9.59 Å². The van der Waals surface area contributed by atoms with Gasteiger partial charge in [0.25, 0.3) is 11.7 Å². The molecule has 0 spiro atoms. The number of aliphatic hydroxyl groups is 1. The van der Waals surface area contributed by atoms with Crippen LogP contribution in [0.5, 0.6) is 5.75 Å². The molecule has 2 fully saturated rings. The molecule has 2 aliphatic rings. The largest absolute Gasteiger partial charge is 0.507 e. The van der Waals surface area contributed by atoms with Crippen molar-refractivity contribution in [1.29, 1.82) is 0 Å². The molecule has 4 rings (SSSR count). The quantitative estimate of drug-likeness (QED) is 0.403. The number of amides is 1. The molecule has 1 heterocycles. The van der Waals surface area contributed by atoms with Crippen LogP contribution in [0.2, 0.25) is 0 Å². The van der Waals surface area contributed by atoms with Gasteiger partial charge >= 0.3 is 0 Å². The number of rotatable bonds is 6. The number of carbonyl (C=O) groups is 2. The first-order chi connectivity index (χ1) is 15.0. The summed E-state index contributed by atoms with van der Waals surface area (Å²) in [6.45, 7) is 4.76. The van der Waals surface area contributed by atoms with Crippen LogP contribution in [-0.2, 0) is 9.59 Å². The van der Waals surface area contributed by atoms with Gasteiger partial charge in [0.15, 0.2) is 0 Å². The van der Waals surface area contributed by atoms with Gasteiger partial charge in [0.2, 0.25) is 0 Å². The van der Waals surface area contributed by atoms with Crippen molar-refractivity contribution in [2.75, 3.05) is 6.61 Å². The molecule has 1 N–H and O–H groups in total. The van der Waals surface area contributed by atoms with Crippen LogP contribution in [0.3, 0.4) is 0 Å². The highest BCUT2D eigenvalue weighted by atomic mass is 16.5. The van der Waals surface area contributed by atoms with Crippen LogP contribution in [-0.4, -0.2) is 34.3 Å². The fraction of sp³-hybridized carbons (Fsp3) is 0.385. The third-order valence-electron chi connectivity index (χ3n) is 6.02. The van der Waals surface area contributed by atoms with Crippen molar-refractivity contribution in [1.82, 2.24) is 4.90 Å². The zero-order valence-electron chi connectivity index (χ0n) is 18.1. The topological polar surface area (TPSA) is 66.8 Å². The van der Waals surface area contributed by atoms with E-state index in [-0.39, 0.29) is 17.4 Å². The summed E-state index contributed by atoms with van der Waals surface area (Å²) in [6.07, 6.45) is 3.87. The van der Waals surface area contributed by atoms with Crippen molar-refractivity contribution >= 4 is 17.4 Å². The predicted octanol–water partition coefficient (Wildman–Crippen LogP) is 5.09. The third-order valence-corrected chi connectivity index (χ3v) is 6.02. The van der Waals surface area contributed by atoms with Gasteiger partial charge in [-0.1, -0.05) is 57.0 Å². The van der Waals surface area contributed by atoms with Crippen molar-refractivity contribution in [3.05, 3.63) is 71.3 Å². The first-order valence-electron chi connectivity index (χ1n) is 11.1. The molecule has 162 valence electrons. The van der Waals surface area contributed by atoms with Gasteiger partial charge in [0, 0.05) is 11.6 Å². The van der Waals surface area contributed by atoms with E-state index in [1.54, 1.807) is 29.2 Å². The highest BCUT2D eigenvalue weighted by molar-refractivity contribution is 6.46. The highest BCUT2D eigenvalue weighted by Gasteiger charge is 2.49. The number of ether oxygens (including phenoxy) is 1. The molecule has 31 heavy (non-hydrogen) atoms. The second kappa shape index (κ2) is 8.96. The maximum atomic E-state index is 13.1. The number of likely N-dealkylation sites (tertiary alicyclic amines) is 1. The Kier molecular flexibility index (Phi) is 6.12. The first-order valence-corrected chi connectivity index (χ1v) is 11.1. The van der Waals surface area contributed by atoms with Crippen LogP contribution in [0.15, 0.2) is 60.2 Å². The molecule has 1 aliphatic heterocycles. The number of Topliss-reactive ketones (excluding diaryl/α,β-unsaturated/α-hetero) is 1. The molecule has 0 aromatic heterocycles. The Bertz CT molecular complexity index is 972. The number of nitrogens with zero attached hydrogens (tertiary/aromatic N) is 1. The van der Waals surface area contributed by atoms with Crippen molar-refractivity contribution in [2.24, 2.45) is 5.92 Å². The molecule has 5 nitrogen and oxygen atoms in total. The van der Waals surface area contributed by atoms with Gasteiger partial charge in [0.1, 0.15) is 11.5 Å². The van der Waals surface area contributed by atoms with E-state index in [4.69, 9.17) is 4.74 Å². The van der Waals surface area contributed by atoms with Crippen LogP contribution in [0.4, 0.5) is 0 Å². The molecule has 1 aliphatic carbocycles.